The lowest BCUT2D eigenvalue weighted by Gasteiger charge is -1.93. The van der Waals surface area contributed by atoms with E-state index in [2.05, 4.69) is 4.85 Å². The van der Waals surface area contributed by atoms with E-state index >= 15 is 0 Å². The third kappa shape index (κ3) is 1.60. The third-order valence-electron chi connectivity index (χ3n) is 1.42. The lowest BCUT2D eigenvalue weighted by Crippen LogP contribution is -1.88. The predicted octanol–water partition coefficient (Wildman–Crippen LogP) is 2.02. The molecule has 0 bridgehead atoms. The molecule has 0 saturated heterocycles. The van der Waals surface area contributed by atoms with Gasteiger partial charge in [-0.3, -0.25) is 10.1 Å². The molecular formula is C8H3N3O2. The van der Waals surface area contributed by atoms with Crippen molar-refractivity contribution in [2.45, 2.75) is 0 Å². The maximum atomic E-state index is 10.4. The second-order valence-electron chi connectivity index (χ2n) is 2.18. The highest BCUT2D eigenvalue weighted by Gasteiger charge is 2.13. The van der Waals surface area contributed by atoms with E-state index in [0.29, 0.717) is 0 Å². The Kier molecular flexibility index (Phi) is 2.23. The van der Waals surface area contributed by atoms with Gasteiger partial charge in [0.05, 0.1) is 23.1 Å². The molecule has 0 fully saturated rings. The quantitative estimate of drug-likeness (QED) is 0.370. The van der Waals surface area contributed by atoms with Crippen LogP contribution in [0.2, 0.25) is 0 Å². The van der Waals surface area contributed by atoms with Crippen LogP contribution in [0.3, 0.4) is 0 Å². The molecule has 5 nitrogen and oxygen atoms in total. The molecule has 0 aliphatic carbocycles. The van der Waals surface area contributed by atoms with Gasteiger partial charge in [-0.1, -0.05) is 6.07 Å². The molecule has 0 radical (unpaired) electrons. The van der Waals surface area contributed by atoms with Crippen LogP contribution in [-0.2, 0) is 0 Å². The van der Waals surface area contributed by atoms with Crippen LogP contribution < -0.4 is 0 Å². The van der Waals surface area contributed by atoms with Crippen LogP contribution in [0.1, 0.15) is 5.56 Å². The Morgan fingerprint density at radius 2 is 2.31 bits per heavy atom. The fraction of sp³-hybridized carbons (Fsp3) is 0. The van der Waals surface area contributed by atoms with E-state index in [4.69, 9.17) is 11.8 Å². The number of nitro benzene ring substituents is 1. The van der Waals surface area contributed by atoms with Gasteiger partial charge in [-0.2, -0.15) is 5.26 Å². The van der Waals surface area contributed by atoms with E-state index < -0.39 is 4.92 Å². The largest absolute Gasteiger partial charge is 0.280 e. The average Bonchev–Trinajstić information content (AvgIpc) is 2.16. The van der Waals surface area contributed by atoms with Gasteiger partial charge in [0.25, 0.3) is 11.4 Å². The first kappa shape index (κ1) is 8.69. The summed E-state index contributed by atoms with van der Waals surface area (Å²) in [5.74, 6) is 0. The highest BCUT2D eigenvalue weighted by Crippen LogP contribution is 2.27. The highest BCUT2D eigenvalue weighted by molar-refractivity contribution is 5.64. The maximum Gasteiger partial charge on any atom is 0.280 e. The SMILES string of the molecule is [C-]#[N+]c1ccc(C#N)cc1[N+](=O)[O-]. The van der Waals surface area contributed by atoms with Gasteiger partial charge in [-0.05, 0) is 6.07 Å². The number of benzene rings is 1. The Morgan fingerprint density at radius 1 is 1.62 bits per heavy atom. The summed E-state index contributed by atoms with van der Waals surface area (Å²) in [4.78, 5) is 12.7. The van der Waals surface area contributed by atoms with Gasteiger partial charge < -0.3 is 0 Å². The first-order valence-electron chi connectivity index (χ1n) is 3.25. The molecule has 1 aromatic carbocycles. The maximum absolute atomic E-state index is 10.4. The normalized spacial score (nSPS) is 8.46. The lowest BCUT2D eigenvalue weighted by atomic mass is 10.2. The van der Waals surface area contributed by atoms with Crippen LogP contribution in [-0.4, -0.2) is 4.92 Å². The molecule has 0 aromatic heterocycles. The van der Waals surface area contributed by atoms with E-state index in [1.54, 1.807) is 6.07 Å². The molecule has 0 N–H and O–H groups in total. The van der Waals surface area contributed by atoms with Gasteiger partial charge in [0.1, 0.15) is 0 Å². The van der Waals surface area contributed by atoms with Crippen molar-refractivity contribution in [3.05, 3.63) is 45.3 Å². The van der Waals surface area contributed by atoms with E-state index in [1.165, 1.54) is 12.1 Å². The van der Waals surface area contributed by atoms with E-state index in [9.17, 15) is 10.1 Å². The molecule has 0 unspecified atom stereocenters. The van der Waals surface area contributed by atoms with Crippen LogP contribution in [0.25, 0.3) is 4.85 Å². The number of nitrogens with zero attached hydrogens (tertiary/aromatic N) is 3. The predicted molar refractivity (Wildman–Crippen MR) is 44.1 cm³/mol. The van der Waals surface area contributed by atoms with Gasteiger partial charge in [0.15, 0.2) is 0 Å². The van der Waals surface area contributed by atoms with Gasteiger partial charge in [-0.15, -0.1) is 0 Å². The van der Waals surface area contributed by atoms with Crippen molar-refractivity contribution >= 4 is 11.4 Å². The van der Waals surface area contributed by atoms with Crippen LogP contribution in [0.15, 0.2) is 18.2 Å². The molecule has 62 valence electrons. The van der Waals surface area contributed by atoms with E-state index in [1.807, 2.05) is 0 Å². The van der Waals surface area contributed by atoms with Crippen molar-refractivity contribution in [2.75, 3.05) is 0 Å². The van der Waals surface area contributed by atoms with Crippen LogP contribution >= 0.6 is 0 Å². The first-order valence-corrected chi connectivity index (χ1v) is 3.25. The summed E-state index contributed by atoms with van der Waals surface area (Å²) in [6, 6.07) is 5.50. The van der Waals surface area contributed by atoms with Crippen molar-refractivity contribution in [1.29, 1.82) is 5.26 Å². The topological polar surface area (TPSA) is 71.3 Å². The summed E-state index contributed by atoms with van der Waals surface area (Å²) in [5.41, 5.74) is -0.197. The molecule has 0 aliphatic heterocycles. The van der Waals surface area contributed by atoms with Crippen molar-refractivity contribution in [2.24, 2.45) is 0 Å². The molecule has 13 heavy (non-hydrogen) atoms. The molecular weight excluding hydrogens is 170 g/mol. The summed E-state index contributed by atoms with van der Waals surface area (Å²) in [6.07, 6.45) is 0. The molecule has 0 heterocycles. The number of hydrogen-bond acceptors (Lipinski definition) is 3. The summed E-state index contributed by atoms with van der Waals surface area (Å²) in [7, 11) is 0. The lowest BCUT2D eigenvalue weighted by molar-refractivity contribution is -0.383. The Hall–Kier alpha value is -2.40. The Labute approximate surface area is 73.8 Å². The molecule has 0 saturated carbocycles. The molecule has 1 aromatic rings. The zero-order chi connectivity index (χ0) is 9.84. The van der Waals surface area contributed by atoms with Gasteiger partial charge in [0.2, 0.25) is 0 Å². The summed E-state index contributed by atoms with van der Waals surface area (Å²) < 4.78 is 0. The number of nitriles is 1. The molecule has 0 amide bonds. The molecule has 0 spiro atoms. The van der Waals surface area contributed by atoms with Gasteiger partial charge in [-0.25, -0.2) is 4.85 Å². The summed E-state index contributed by atoms with van der Waals surface area (Å²) in [6.45, 7) is 6.64. The minimum absolute atomic E-state index is 0.0519. The molecule has 0 atom stereocenters. The Bertz CT molecular complexity index is 440. The fourth-order valence-corrected chi connectivity index (χ4v) is 0.834. The fourth-order valence-electron chi connectivity index (χ4n) is 0.834. The first-order chi connectivity index (χ1) is 6.19. The van der Waals surface area contributed by atoms with Gasteiger partial charge in [0, 0.05) is 6.07 Å². The van der Waals surface area contributed by atoms with Crippen molar-refractivity contribution in [3.8, 4) is 6.07 Å². The van der Waals surface area contributed by atoms with Crippen molar-refractivity contribution in [1.82, 2.24) is 0 Å². The minimum atomic E-state index is -0.672. The third-order valence-corrected chi connectivity index (χ3v) is 1.42. The second-order valence-corrected chi connectivity index (χ2v) is 2.18. The smallest absolute Gasteiger partial charge is 0.260 e. The van der Waals surface area contributed by atoms with E-state index in [-0.39, 0.29) is 16.9 Å². The number of rotatable bonds is 1. The highest BCUT2D eigenvalue weighted by atomic mass is 16.6. The Morgan fingerprint density at radius 3 is 2.77 bits per heavy atom. The van der Waals surface area contributed by atoms with Crippen molar-refractivity contribution < 1.29 is 4.92 Å². The van der Waals surface area contributed by atoms with Crippen LogP contribution in [0.5, 0.6) is 0 Å². The summed E-state index contributed by atoms with van der Waals surface area (Å²) >= 11 is 0. The van der Waals surface area contributed by atoms with Crippen molar-refractivity contribution in [3.63, 3.8) is 0 Å². The molecule has 1 rings (SSSR count). The van der Waals surface area contributed by atoms with Gasteiger partial charge >= 0.3 is 0 Å². The monoisotopic (exact) mass is 173 g/mol. The summed E-state index contributed by atoms with van der Waals surface area (Å²) in [5, 5.41) is 18.9. The second kappa shape index (κ2) is 3.33. The zero-order valence-corrected chi connectivity index (χ0v) is 6.39. The van der Waals surface area contributed by atoms with E-state index in [0.717, 1.165) is 6.07 Å². The molecule has 5 heteroatoms. The van der Waals surface area contributed by atoms with Crippen LogP contribution in [0, 0.1) is 28.0 Å². The number of hydrogen-bond donors (Lipinski definition) is 0. The number of nitro groups is 1. The zero-order valence-electron chi connectivity index (χ0n) is 6.39. The standard InChI is InChI=1S/C8H3N3O2/c1-10-7-3-2-6(5-9)4-8(7)11(12)13/h2-4H. The minimum Gasteiger partial charge on any atom is -0.260 e. The van der Waals surface area contributed by atoms with Crippen LogP contribution in [0.4, 0.5) is 11.4 Å². The molecule has 0 aliphatic rings. The Balaban J connectivity index is 3.39. The average molecular weight is 173 g/mol.